The number of hydrogen-bond acceptors (Lipinski definition) is 3. The molecule has 0 amide bonds. The molecular weight excluding hydrogens is 212 g/mol. The first-order chi connectivity index (χ1) is 6.65. The first kappa shape index (κ1) is 10.4. The molecule has 1 aromatic carbocycles. The molecule has 0 fully saturated rings. The summed E-state index contributed by atoms with van der Waals surface area (Å²) in [6.07, 6.45) is 3.67. The average Bonchev–Trinajstić information content (AvgIpc) is 2.51. The topological polar surface area (TPSA) is 20.2 Å². The molecule has 0 spiro atoms. The minimum absolute atomic E-state index is 0.276. The van der Waals surface area contributed by atoms with Crippen molar-refractivity contribution in [2.24, 2.45) is 0 Å². The van der Waals surface area contributed by atoms with Crippen molar-refractivity contribution in [2.45, 2.75) is 35.7 Å². The molecule has 0 saturated heterocycles. The summed E-state index contributed by atoms with van der Waals surface area (Å²) in [7, 11) is 0. The van der Waals surface area contributed by atoms with Gasteiger partial charge in [-0.2, -0.15) is 0 Å². The van der Waals surface area contributed by atoms with Crippen molar-refractivity contribution in [1.82, 2.24) is 0 Å². The Balaban J connectivity index is 2.65. The van der Waals surface area contributed by atoms with Crippen molar-refractivity contribution in [3.05, 3.63) is 22.8 Å². The Kier molecular flexibility index (Phi) is 2.82. The summed E-state index contributed by atoms with van der Waals surface area (Å²) in [4.78, 5) is 2.30. The molecule has 2 rings (SSSR count). The third-order valence-corrected chi connectivity index (χ3v) is 4.30. The molecule has 14 heavy (non-hydrogen) atoms. The highest BCUT2D eigenvalue weighted by atomic mass is 32.2. The van der Waals surface area contributed by atoms with Gasteiger partial charge in [-0.15, -0.1) is 24.4 Å². The van der Waals surface area contributed by atoms with Crippen LogP contribution in [0.5, 0.6) is 0 Å². The molecule has 1 aliphatic rings. The van der Waals surface area contributed by atoms with Gasteiger partial charge in [0.1, 0.15) is 0 Å². The van der Waals surface area contributed by atoms with Gasteiger partial charge >= 0.3 is 0 Å². The first-order valence-electron chi connectivity index (χ1n) is 4.72. The van der Waals surface area contributed by atoms with Crippen molar-refractivity contribution >= 4 is 24.4 Å². The molecule has 76 valence electrons. The monoisotopic (exact) mass is 226 g/mol. The second kappa shape index (κ2) is 3.80. The number of benzene rings is 1. The van der Waals surface area contributed by atoms with E-state index in [1.54, 1.807) is 11.8 Å². The highest BCUT2D eigenvalue weighted by molar-refractivity contribution is 7.98. The fourth-order valence-corrected chi connectivity index (χ4v) is 3.29. The van der Waals surface area contributed by atoms with Crippen molar-refractivity contribution < 1.29 is 5.11 Å². The Labute approximate surface area is 94.3 Å². The fourth-order valence-electron chi connectivity index (χ4n) is 2.08. The fraction of sp³-hybridized carbons (Fsp3) is 0.455. The van der Waals surface area contributed by atoms with E-state index in [-0.39, 0.29) is 6.10 Å². The van der Waals surface area contributed by atoms with E-state index in [2.05, 4.69) is 25.8 Å². The lowest BCUT2D eigenvalue weighted by molar-refractivity contribution is 0.180. The van der Waals surface area contributed by atoms with Crippen LogP contribution >= 0.6 is 24.4 Å². The Morgan fingerprint density at radius 2 is 2.29 bits per heavy atom. The molecule has 1 N–H and O–H groups in total. The lowest BCUT2D eigenvalue weighted by Gasteiger charge is -2.13. The highest BCUT2D eigenvalue weighted by Crippen LogP contribution is 2.40. The average molecular weight is 226 g/mol. The molecular formula is C11H14OS2. The van der Waals surface area contributed by atoms with Crippen molar-refractivity contribution in [3.8, 4) is 0 Å². The first-order valence-corrected chi connectivity index (χ1v) is 6.39. The van der Waals surface area contributed by atoms with Crippen LogP contribution in [0.3, 0.4) is 0 Å². The van der Waals surface area contributed by atoms with E-state index in [1.165, 1.54) is 16.0 Å². The Bertz CT molecular complexity index is 374. The van der Waals surface area contributed by atoms with Gasteiger partial charge in [0, 0.05) is 9.79 Å². The Morgan fingerprint density at radius 3 is 2.93 bits per heavy atom. The summed E-state index contributed by atoms with van der Waals surface area (Å²) < 4.78 is 0. The summed E-state index contributed by atoms with van der Waals surface area (Å²) >= 11 is 6.19. The number of thiol groups is 1. The van der Waals surface area contributed by atoms with Crippen LogP contribution in [0.4, 0.5) is 0 Å². The molecule has 0 heterocycles. The molecule has 0 bridgehead atoms. The van der Waals surface area contributed by atoms with Gasteiger partial charge in [-0.1, -0.05) is 0 Å². The van der Waals surface area contributed by atoms with Crippen LogP contribution in [-0.4, -0.2) is 11.4 Å². The third kappa shape index (κ3) is 1.47. The maximum Gasteiger partial charge on any atom is 0.0796 e. The lowest BCUT2D eigenvalue weighted by atomic mass is 10.1. The lowest BCUT2D eigenvalue weighted by Crippen LogP contribution is -1.94. The normalized spacial score (nSPS) is 19.9. The molecule has 0 aromatic heterocycles. The Hall–Kier alpha value is -0.120. The molecule has 1 aliphatic carbocycles. The number of hydrogen-bond donors (Lipinski definition) is 2. The SMILES string of the molecule is CSc1c(C)c(S)cc2c1CCC2O. The minimum atomic E-state index is -0.276. The highest BCUT2D eigenvalue weighted by Gasteiger charge is 2.24. The molecule has 1 unspecified atom stereocenters. The molecule has 1 nitrogen and oxygen atoms in total. The van der Waals surface area contributed by atoms with Gasteiger partial charge in [-0.05, 0) is 48.8 Å². The van der Waals surface area contributed by atoms with Crippen LogP contribution in [0.15, 0.2) is 15.9 Å². The molecule has 0 aliphatic heterocycles. The van der Waals surface area contributed by atoms with Gasteiger partial charge in [0.2, 0.25) is 0 Å². The molecule has 3 heteroatoms. The van der Waals surface area contributed by atoms with E-state index in [0.29, 0.717) is 0 Å². The van der Waals surface area contributed by atoms with Gasteiger partial charge < -0.3 is 5.11 Å². The summed E-state index contributed by atoms with van der Waals surface area (Å²) in [5, 5.41) is 9.77. The number of aliphatic hydroxyl groups excluding tert-OH is 1. The van der Waals surface area contributed by atoms with Gasteiger partial charge in [-0.3, -0.25) is 0 Å². The van der Waals surface area contributed by atoms with Gasteiger partial charge in [0.25, 0.3) is 0 Å². The summed E-state index contributed by atoms with van der Waals surface area (Å²) in [5.41, 5.74) is 3.67. The predicted octanol–water partition coefficient (Wildman–Crippen LogP) is 2.99. The van der Waals surface area contributed by atoms with Gasteiger partial charge in [0.05, 0.1) is 6.10 Å². The number of rotatable bonds is 1. The van der Waals surface area contributed by atoms with Crippen LogP contribution in [0.25, 0.3) is 0 Å². The van der Waals surface area contributed by atoms with Crippen LogP contribution in [0, 0.1) is 6.92 Å². The maximum absolute atomic E-state index is 9.77. The van der Waals surface area contributed by atoms with Gasteiger partial charge in [-0.25, -0.2) is 0 Å². The molecule has 1 aromatic rings. The minimum Gasteiger partial charge on any atom is -0.388 e. The third-order valence-electron chi connectivity index (χ3n) is 2.87. The summed E-state index contributed by atoms with van der Waals surface area (Å²) in [5.74, 6) is 0. The van der Waals surface area contributed by atoms with Crippen molar-refractivity contribution in [2.75, 3.05) is 6.26 Å². The number of fused-ring (bicyclic) bond motifs is 1. The number of aliphatic hydroxyl groups is 1. The van der Waals surface area contributed by atoms with E-state index in [4.69, 9.17) is 0 Å². The molecule has 0 radical (unpaired) electrons. The van der Waals surface area contributed by atoms with Gasteiger partial charge in [0.15, 0.2) is 0 Å². The zero-order valence-corrected chi connectivity index (χ0v) is 10.1. The summed E-state index contributed by atoms with van der Waals surface area (Å²) in [6.45, 7) is 2.10. The van der Waals surface area contributed by atoms with Crippen LogP contribution in [0.1, 0.15) is 29.2 Å². The van der Waals surface area contributed by atoms with Crippen molar-refractivity contribution in [1.29, 1.82) is 0 Å². The zero-order chi connectivity index (χ0) is 10.3. The van der Waals surface area contributed by atoms with Crippen LogP contribution in [0.2, 0.25) is 0 Å². The second-order valence-corrected chi connectivity index (χ2v) is 4.97. The standard InChI is InChI=1S/C11H14OS2/c1-6-10(13)5-8-7(11(6)14-2)3-4-9(8)12/h5,9,12-13H,3-4H2,1-2H3. The van der Waals surface area contributed by atoms with E-state index in [0.717, 1.165) is 23.3 Å². The van der Waals surface area contributed by atoms with Crippen LogP contribution < -0.4 is 0 Å². The van der Waals surface area contributed by atoms with E-state index in [9.17, 15) is 5.11 Å². The van der Waals surface area contributed by atoms with E-state index < -0.39 is 0 Å². The number of thioether (sulfide) groups is 1. The predicted molar refractivity (Wildman–Crippen MR) is 63.5 cm³/mol. The quantitative estimate of drug-likeness (QED) is 0.567. The largest absolute Gasteiger partial charge is 0.388 e. The summed E-state index contributed by atoms with van der Waals surface area (Å²) in [6, 6.07) is 2.02. The zero-order valence-electron chi connectivity index (χ0n) is 8.37. The van der Waals surface area contributed by atoms with E-state index >= 15 is 0 Å². The van der Waals surface area contributed by atoms with Crippen LogP contribution in [-0.2, 0) is 6.42 Å². The Morgan fingerprint density at radius 1 is 1.57 bits per heavy atom. The maximum atomic E-state index is 9.77. The van der Waals surface area contributed by atoms with Crippen molar-refractivity contribution in [3.63, 3.8) is 0 Å². The second-order valence-electron chi connectivity index (χ2n) is 3.68. The molecule has 0 saturated carbocycles. The smallest absolute Gasteiger partial charge is 0.0796 e. The van der Waals surface area contributed by atoms with E-state index in [1.807, 2.05) is 6.07 Å². The molecule has 1 atom stereocenters.